The monoisotopic (exact) mass is 912 g/mol. The number of allylic oxidation sites excluding steroid dienone is 1. The highest BCUT2D eigenvalue weighted by atomic mass is 32.1. The molecule has 14 nitrogen and oxygen atoms in total. The smallest absolute Gasteiger partial charge is 0.310 e. The maximum atomic E-state index is 14.5. The Bertz CT molecular complexity index is 1910. The number of amides is 1. The van der Waals surface area contributed by atoms with Crippen LogP contribution in [0.15, 0.2) is 30.9 Å². The van der Waals surface area contributed by atoms with Gasteiger partial charge in [0.15, 0.2) is 0 Å². The van der Waals surface area contributed by atoms with Crippen LogP contribution in [0.2, 0.25) is 0 Å². The number of cyclic esters (lactones) is 1. The van der Waals surface area contributed by atoms with Gasteiger partial charge in [0.05, 0.1) is 71.3 Å². The normalized spacial score (nSPS) is 25.8. The second-order valence-corrected chi connectivity index (χ2v) is 19.8. The molecule has 15 heteroatoms. The molecule has 4 rings (SSSR count). The Morgan fingerprint density at radius 3 is 2.47 bits per heavy atom. The third kappa shape index (κ3) is 16.2. The second kappa shape index (κ2) is 25.1. The number of ether oxygens (including phenoxy) is 5. The second-order valence-electron chi connectivity index (χ2n) is 18.5. The number of aromatic nitrogens is 1. The van der Waals surface area contributed by atoms with Crippen molar-refractivity contribution in [3.05, 3.63) is 41.4 Å². The maximum Gasteiger partial charge on any atom is 0.310 e. The van der Waals surface area contributed by atoms with Gasteiger partial charge in [-0.2, -0.15) is 0 Å². The van der Waals surface area contributed by atoms with E-state index >= 15 is 0 Å². The molecular weight excluding hydrogens is 841 g/mol. The summed E-state index contributed by atoms with van der Waals surface area (Å²) in [5, 5.41) is 15.4. The van der Waals surface area contributed by atoms with Crippen LogP contribution in [0, 0.1) is 30.1 Å². The van der Waals surface area contributed by atoms with E-state index in [9.17, 15) is 33.9 Å². The zero-order valence-corrected chi connectivity index (χ0v) is 39.9. The Hall–Kier alpha value is -3.89. The number of benzene rings is 1. The van der Waals surface area contributed by atoms with Crippen LogP contribution in [0.5, 0.6) is 0 Å². The van der Waals surface area contributed by atoms with Crippen LogP contribution in [0.25, 0.3) is 10.2 Å². The first-order valence-electron chi connectivity index (χ1n) is 23.1. The van der Waals surface area contributed by atoms with Crippen LogP contribution in [0.4, 0.5) is 0 Å². The molecule has 356 valence electrons. The van der Waals surface area contributed by atoms with Gasteiger partial charge in [-0.05, 0) is 90.3 Å². The third-order valence-electron chi connectivity index (χ3n) is 12.6. The summed E-state index contributed by atoms with van der Waals surface area (Å²) in [7, 11) is 0. The molecule has 0 aliphatic carbocycles. The van der Waals surface area contributed by atoms with Crippen LogP contribution in [0.3, 0.4) is 0 Å². The summed E-state index contributed by atoms with van der Waals surface area (Å²) in [6.45, 7) is 17.9. The van der Waals surface area contributed by atoms with E-state index in [0.29, 0.717) is 64.9 Å². The largest absolute Gasteiger partial charge is 0.461 e. The fraction of sp³-hybridized carbons (Fsp3) is 0.694. The Morgan fingerprint density at radius 2 is 1.77 bits per heavy atom. The van der Waals surface area contributed by atoms with Crippen LogP contribution >= 0.6 is 11.3 Å². The number of hydrogen-bond acceptors (Lipinski definition) is 14. The van der Waals surface area contributed by atoms with Crippen LogP contribution in [0.1, 0.15) is 142 Å². The minimum absolute atomic E-state index is 0.0182. The first-order chi connectivity index (χ1) is 30.3. The molecule has 2 N–H and O–H groups in total. The predicted octanol–water partition coefficient (Wildman–Crippen LogP) is 7.68. The van der Waals surface area contributed by atoms with Gasteiger partial charge < -0.3 is 34.1 Å². The molecule has 2 aromatic rings. The number of unbranched alkanes of at least 4 members (excludes halogenated alkanes) is 2. The molecule has 3 heterocycles. The average Bonchev–Trinajstić information content (AvgIpc) is 3.70. The van der Waals surface area contributed by atoms with E-state index in [1.54, 1.807) is 38.2 Å². The first kappa shape index (κ1) is 52.7. The van der Waals surface area contributed by atoms with Crippen molar-refractivity contribution in [2.45, 2.75) is 162 Å². The van der Waals surface area contributed by atoms with E-state index in [1.165, 1.54) is 6.92 Å². The van der Waals surface area contributed by atoms with E-state index in [0.717, 1.165) is 33.6 Å². The molecule has 0 bridgehead atoms. The number of aryl methyl sites for hydroxylation is 1. The lowest BCUT2D eigenvalue weighted by atomic mass is 9.71. The fourth-order valence-electron chi connectivity index (χ4n) is 8.31. The van der Waals surface area contributed by atoms with E-state index in [-0.39, 0.29) is 74.0 Å². The number of nitrogens with zero attached hydrogens (tertiary/aromatic N) is 1. The topological polar surface area (TPSA) is 197 Å². The number of hydrogen-bond donors (Lipinski definition) is 2. The summed E-state index contributed by atoms with van der Waals surface area (Å²) in [5.41, 5.74) is -0.210. The number of carbonyl (C=O) groups is 6. The lowest BCUT2D eigenvalue weighted by Gasteiger charge is -2.37. The van der Waals surface area contributed by atoms with Gasteiger partial charge in [0.1, 0.15) is 29.6 Å². The lowest BCUT2D eigenvalue weighted by molar-refractivity contribution is -0.168. The van der Waals surface area contributed by atoms with Gasteiger partial charge in [0.2, 0.25) is 5.91 Å². The molecule has 2 saturated heterocycles. The number of aliphatic hydroxyl groups is 1. The SMILES string of the molecule is C=CC[C@H]1C(=O)C(C)(C)[C@@H](OC(=O)CCCCCNC(=O)C(C)CC(=O)CCOCCOCCC(C)=O)CC(=O)O[C@H](c2ccc3sc(C)nc3c2)C[C@@H]2O[C@]2(C)CCC[C@H](C)[C@@H]1O. The van der Waals surface area contributed by atoms with Gasteiger partial charge in [-0.15, -0.1) is 17.9 Å². The van der Waals surface area contributed by atoms with Crippen molar-refractivity contribution in [3.8, 4) is 0 Å². The minimum atomic E-state index is -1.38. The molecule has 1 amide bonds. The van der Waals surface area contributed by atoms with Crippen molar-refractivity contribution >= 4 is 56.7 Å². The van der Waals surface area contributed by atoms with Gasteiger partial charge in [0, 0.05) is 50.5 Å². The van der Waals surface area contributed by atoms with Crippen molar-refractivity contribution < 1.29 is 57.6 Å². The molecule has 0 saturated carbocycles. The van der Waals surface area contributed by atoms with Gasteiger partial charge in [0.25, 0.3) is 0 Å². The number of nitrogens with one attached hydrogen (secondary N) is 1. The van der Waals surface area contributed by atoms with E-state index < -0.39 is 53.1 Å². The Kier molecular flexibility index (Phi) is 20.7. The number of aliphatic hydroxyl groups excluding tert-OH is 1. The summed E-state index contributed by atoms with van der Waals surface area (Å²) in [6.07, 6.45) is 3.29. The summed E-state index contributed by atoms with van der Waals surface area (Å²) >= 11 is 1.58. The summed E-state index contributed by atoms with van der Waals surface area (Å²) in [5.74, 6) is -3.36. The number of thiazole rings is 1. The van der Waals surface area contributed by atoms with Crippen LogP contribution < -0.4 is 5.32 Å². The van der Waals surface area contributed by atoms with Crippen molar-refractivity contribution in [1.29, 1.82) is 0 Å². The van der Waals surface area contributed by atoms with Crippen molar-refractivity contribution in [2.75, 3.05) is 33.0 Å². The zero-order valence-electron chi connectivity index (χ0n) is 39.1. The molecule has 8 atom stereocenters. The highest BCUT2D eigenvalue weighted by Crippen LogP contribution is 2.47. The zero-order chi connectivity index (χ0) is 47.0. The molecule has 1 unspecified atom stereocenters. The number of ketones is 3. The van der Waals surface area contributed by atoms with Gasteiger partial charge in [-0.25, -0.2) is 4.98 Å². The Labute approximate surface area is 382 Å². The molecular formula is C49H72N2O12S. The first-order valence-corrected chi connectivity index (χ1v) is 23.9. The van der Waals surface area contributed by atoms with Crippen molar-refractivity contribution in [1.82, 2.24) is 10.3 Å². The van der Waals surface area contributed by atoms with E-state index in [1.807, 2.05) is 32.0 Å². The summed E-state index contributed by atoms with van der Waals surface area (Å²) < 4.78 is 30.2. The molecule has 64 heavy (non-hydrogen) atoms. The average molecular weight is 913 g/mol. The number of Topliss-reactive ketones (excluding diaryl/α,β-unsaturated/α-hetero) is 3. The summed E-state index contributed by atoms with van der Waals surface area (Å²) in [4.78, 5) is 82.7. The molecule has 0 radical (unpaired) electrons. The minimum Gasteiger partial charge on any atom is -0.461 e. The van der Waals surface area contributed by atoms with Gasteiger partial charge >= 0.3 is 11.9 Å². The molecule has 0 spiro atoms. The van der Waals surface area contributed by atoms with Gasteiger partial charge in [-0.1, -0.05) is 38.8 Å². The number of epoxide rings is 1. The predicted molar refractivity (Wildman–Crippen MR) is 244 cm³/mol. The third-order valence-corrected chi connectivity index (χ3v) is 13.6. The van der Waals surface area contributed by atoms with Crippen molar-refractivity contribution in [3.63, 3.8) is 0 Å². The number of fused-ring (bicyclic) bond motifs is 2. The van der Waals surface area contributed by atoms with Crippen LogP contribution in [-0.4, -0.2) is 102 Å². The van der Waals surface area contributed by atoms with Gasteiger partial charge in [-0.3, -0.25) is 28.8 Å². The maximum absolute atomic E-state index is 14.5. The lowest BCUT2D eigenvalue weighted by Crippen LogP contribution is -2.48. The Balaban J connectivity index is 1.34. The summed E-state index contributed by atoms with van der Waals surface area (Å²) in [6, 6.07) is 5.86. The fourth-order valence-corrected chi connectivity index (χ4v) is 9.12. The molecule has 2 aliphatic heterocycles. The van der Waals surface area contributed by atoms with E-state index in [4.69, 9.17) is 23.7 Å². The standard InChI is InChI=1S/C49H72N2O12S/c1-9-14-37-45(56)31(2)15-13-21-49(8)42(63-49)29-39(35-17-18-40-38(28-35)51-34(5)64-40)61-44(55)30-41(48(6,7)46(37)57)62-43(54)16-11-10-12-22-50-47(58)32(3)27-36(53)20-24-60-26-25-59-23-19-33(4)52/h9,17-18,28,31-32,37,39,41-42,45,56H,1,10-16,19-27,29-30H2,2-8H3,(H,50,58)/t31-,32?,37+,39-,41-,42-,45-,49+/m0/s1. The van der Waals surface area contributed by atoms with Crippen molar-refractivity contribution in [2.24, 2.45) is 23.2 Å². The number of esters is 2. The number of carbonyl (C=O) groups excluding carboxylic acids is 6. The quantitative estimate of drug-likeness (QED) is 0.0506. The Morgan fingerprint density at radius 1 is 1.05 bits per heavy atom. The molecule has 2 aliphatic rings. The highest BCUT2D eigenvalue weighted by molar-refractivity contribution is 7.18. The van der Waals surface area contributed by atoms with Crippen LogP contribution in [-0.2, 0) is 52.5 Å². The molecule has 2 fully saturated rings. The molecule has 1 aromatic carbocycles. The highest BCUT2D eigenvalue weighted by Gasteiger charge is 2.53. The molecule has 1 aromatic heterocycles. The number of rotatable bonds is 22. The van der Waals surface area contributed by atoms with E-state index in [2.05, 4.69) is 23.8 Å².